The zero-order valence-corrected chi connectivity index (χ0v) is 13.6. The van der Waals surface area contributed by atoms with Gasteiger partial charge in [-0.3, -0.25) is 4.79 Å². The van der Waals surface area contributed by atoms with E-state index in [0.717, 1.165) is 5.92 Å². The third kappa shape index (κ3) is 4.76. The number of hydrogen-bond acceptors (Lipinski definition) is 2. The second-order valence-electron chi connectivity index (χ2n) is 6.41. The van der Waals surface area contributed by atoms with Crippen LogP contribution in [0.3, 0.4) is 0 Å². The molecule has 1 aromatic rings. The van der Waals surface area contributed by atoms with Crippen molar-refractivity contribution in [3.63, 3.8) is 0 Å². The monoisotopic (exact) mass is 288 g/mol. The number of rotatable bonds is 5. The van der Waals surface area contributed by atoms with Gasteiger partial charge in [-0.1, -0.05) is 31.4 Å². The topological polar surface area (TPSA) is 32.3 Å². The van der Waals surface area contributed by atoms with Gasteiger partial charge in [-0.15, -0.1) is 0 Å². The van der Waals surface area contributed by atoms with Gasteiger partial charge in [-0.2, -0.15) is 0 Å². The lowest BCUT2D eigenvalue weighted by atomic mass is 9.84. The van der Waals surface area contributed by atoms with Crippen molar-refractivity contribution < 1.29 is 4.79 Å². The van der Waals surface area contributed by atoms with E-state index in [-0.39, 0.29) is 5.91 Å². The van der Waals surface area contributed by atoms with Crippen LogP contribution in [0.4, 0.5) is 5.69 Å². The molecule has 1 aliphatic rings. The highest BCUT2D eigenvalue weighted by atomic mass is 16.2. The van der Waals surface area contributed by atoms with Crippen molar-refractivity contribution in [2.75, 3.05) is 12.4 Å². The average molecular weight is 288 g/mol. The molecule has 1 saturated carbocycles. The molecular weight excluding hydrogens is 260 g/mol. The molecule has 2 rings (SSSR count). The highest BCUT2D eigenvalue weighted by Crippen LogP contribution is 2.28. The Bertz CT molecular complexity index is 466. The van der Waals surface area contributed by atoms with Crippen LogP contribution in [0.15, 0.2) is 24.3 Å². The molecule has 0 radical (unpaired) electrons. The molecule has 0 spiro atoms. The van der Waals surface area contributed by atoms with Gasteiger partial charge in [0.1, 0.15) is 0 Å². The van der Waals surface area contributed by atoms with Crippen molar-refractivity contribution >= 4 is 11.6 Å². The molecule has 1 fully saturated rings. The Hall–Kier alpha value is -1.51. The Labute approximate surface area is 128 Å². The SMILES string of the molecule is CC(=O)N(C)Cc1cccc(NC(C)C2CCCCC2)c1. The summed E-state index contributed by atoms with van der Waals surface area (Å²) in [5.41, 5.74) is 2.34. The highest BCUT2D eigenvalue weighted by molar-refractivity contribution is 5.72. The molecule has 1 unspecified atom stereocenters. The number of nitrogens with one attached hydrogen (secondary N) is 1. The first-order valence-electron chi connectivity index (χ1n) is 8.13. The van der Waals surface area contributed by atoms with Crippen LogP contribution in [0, 0.1) is 5.92 Å². The molecule has 0 aliphatic heterocycles. The molecule has 1 N–H and O–H groups in total. The maximum Gasteiger partial charge on any atom is 0.219 e. The molecule has 0 heterocycles. The zero-order valence-electron chi connectivity index (χ0n) is 13.6. The van der Waals surface area contributed by atoms with Gasteiger partial charge in [-0.25, -0.2) is 0 Å². The van der Waals surface area contributed by atoms with E-state index in [0.29, 0.717) is 12.6 Å². The molecule has 1 atom stereocenters. The quantitative estimate of drug-likeness (QED) is 0.886. The standard InChI is InChI=1S/C18H28N2O/c1-14(17-9-5-4-6-10-17)19-18-11-7-8-16(12-18)13-20(3)15(2)21/h7-8,11-12,14,17,19H,4-6,9-10,13H2,1-3H3. The minimum absolute atomic E-state index is 0.101. The van der Waals surface area contributed by atoms with Crippen LogP contribution >= 0.6 is 0 Å². The Balaban J connectivity index is 1.95. The number of carbonyl (C=O) groups is 1. The summed E-state index contributed by atoms with van der Waals surface area (Å²) in [6.07, 6.45) is 6.85. The molecule has 21 heavy (non-hydrogen) atoms. The molecule has 0 bridgehead atoms. The zero-order chi connectivity index (χ0) is 15.2. The van der Waals surface area contributed by atoms with Crippen molar-refractivity contribution in [3.8, 4) is 0 Å². The number of carbonyl (C=O) groups excluding carboxylic acids is 1. The Morgan fingerprint density at radius 2 is 2.05 bits per heavy atom. The normalized spacial score (nSPS) is 17.3. The number of benzene rings is 1. The summed E-state index contributed by atoms with van der Waals surface area (Å²) in [5.74, 6) is 0.895. The van der Waals surface area contributed by atoms with Gasteiger partial charge in [0.05, 0.1) is 0 Å². The van der Waals surface area contributed by atoms with Gasteiger partial charge in [-0.05, 0) is 43.4 Å². The predicted molar refractivity (Wildman–Crippen MR) is 88.2 cm³/mol. The minimum atomic E-state index is 0.101. The van der Waals surface area contributed by atoms with Gasteiger partial charge in [0.15, 0.2) is 0 Å². The van der Waals surface area contributed by atoms with E-state index >= 15 is 0 Å². The molecule has 0 aromatic heterocycles. The summed E-state index contributed by atoms with van der Waals surface area (Å²) in [6.45, 7) is 4.57. The average Bonchev–Trinajstić information content (AvgIpc) is 2.48. The van der Waals surface area contributed by atoms with E-state index in [2.05, 4.69) is 36.5 Å². The van der Waals surface area contributed by atoms with Crippen molar-refractivity contribution in [3.05, 3.63) is 29.8 Å². The molecule has 116 valence electrons. The molecule has 1 amide bonds. The van der Waals surface area contributed by atoms with Gasteiger partial charge in [0.25, 0.3) is 0 Å². The van der Waals surface area contributed by atoms with Crippen LogP contribution in [-0.4, -0.2) is 23.9 Å². The highest BCUT2D eigenvalue weighted by Gasteiger charge is 2.19. The van der Waals surface area contributed by atoms with Crippen LogP contribution in [0.1, 0.15) is 51.5 Å². The van der Waals surface area contributed by atoms with Crippen LogP contribution < -0.4 is 5.32 Å². The van der Waals surface area contributed by atoms with E-state index < -0.39 is 0 Å². The fourth-order valence-corrected chi connectivity index (χ4v) is 3.16. The fraction of sp³-hybridized carbons (Fsp3) is 0.611. The molecule has 3 nitrogen and oxygen atoms in total. The fourth-order valence-electron chi connectivity index (χ4n) is 3.16. The van der Waals surface area contributed by atoms with Crippen LogP contribution in [0.25, 0.3) is 0 Å². The van der Waals surface area contributed by atoms with Gasteiger partial charge in [0, 0.05) is 32.2 Å². The maximum absolute atomic E-state index is 11.3. The van der Waals surface area contributed by atoms with Gasteiger partial charge in [0.2, 0.25) is 5.91 Å². The van der Waals surface area contributed by atoms with Crippen LogP contribution in [0.2, 0.25) is 0 Å². The Morgan fingerprint density at radius 1 is 1.33 bits per heavy atom. The molecule has 1 aromatic carbocycles. The van der Waals surface area contributed by atoms with Crippen molar-refractivity contribution in [1.82, 2.24) is 4.90 Å². The largest absolute Gasteiger partial charge is 0.382 e. The first kappa shape index (κ1) is 15.9. The van der Waals surface area contributed by atoms with E-state index in [1.807, 2.05) is 7.05 Å². The van der Waals surface area contributed by atoms with Crippen LogP contribution in [0.5, 0.6) is 0 Å². The first-order valence-corrected chi connectivity index (χ1v) is 8.13. The summed E-state index contributed by atoms with van der Waals surface area (Å²) in [6, 6.07) is 8.95. The summed E-state index contributed by atoms with van der Waals surface area (Å²) < 4.78 is 0. The predicted octanol–water partition coefficient (Wildman–Crippen LogP) is 4.05. The van der Waals surface area contributed by atoms with Crippen molar-refractivity contribution in [2.24, 2.45) is 5.92 Å². The molecule has 0 saturated heterocycles. The molecule has 3 heteroatoms. The van der Waals surface area contributed by atoms with Gasteiger partial charge >= 0.3 is 0 Å². The van der Waals surface area contributed by atoms with Crippen LogP contribution in [-0.2, 0) is 11.3 Å². The summed E-state index contributed by atoms with van der Waals surface area (Å²) in [5, 5.41) is 3.65. The van der Waals surface area contributed by atoms with E-state index in [4.69, 9.17) is 0 Å². The van der Waals surface area contributed by atoms with Crippen molar-refractivity contribution in [1.29, 1.82) is 0 Å². The smallest absolute Gasteiger partial charge is 0.219 e. The molecule has 1 aliphatic carbocycles. The second kappa shape index (κ2) is 7.48. The van der Waals surface area contributed by atoms with Gasteiger partial charge < -0.3 is 10.2 Å². The minimum Gasteiger partial charge on any atom is -0.382 e. The first-order chi connectivity index (χ1) is 10.1. The maximum atomic E-state index is 11.3. The summed E-state index contributed by atoms with van der Waals surface area (Å²) in [4.78, 5) is 13.1. The third-order valence-corrected chi connectivity index (χ3v) is 4.64. The Kier molecular flexibility index (Phi) is 5.66. The number of amides is 1. The summed E-state index contributed by atoms with van der Waals surface area (Å²) >= 11 is 0. The number of hydrogen-bond donors (Lipinski definition) is 1. The summed E-state index contributed by atoms with van der Waals surface area (Å²) in [7, 11) is 1.84. The second-order valence-corrected chi connectivity index (χ2v) is 6.41. The lowest BCUT2D eigenvalue weighted by molar-refractivity contribution is -0.128. The number of nitrogens with zero attached hydrogens (tertiary/aromatic N) is 1. The lowest BCUT2D eigenvalue weighted by Gasteiger charge is -2.29. The third-order valence-electron chi connectivity index (χ3n) is 4.64. The van der Waals surface area contributed by atoms with Crippen molar-refractivity contribution in [2.45, 2.75) is 58.5 Å². The van der Waals surface area contributed by atoms with E-state index in [1.54, 1.807) is 11.8 Å². The Morgan fingerprint density at radius 3 is 2.71 bits per heavy atom. The van der Waals surface area contributed by atoms with E-state index in [9.17, 15) is 4.79 Å². The number of anilines is 1. The molecular formula is C18H28N2O. The lowest BCUT2D eigenvalue weighted by Crippen LogP contribution is -2.27. The van der Waals surface area contributed by atoms with E-state index in [1.165, 1.54) is 43.4 Å².